The zero-order valence-electron chi connectivity index (χ0n) is 17.4. The number of aromatic nitrogens is 1. The fraction of sp³-hybridized carbons (Fsp3) is 0.273. The molecule has 162 valence electrons. The van der Waals surface area contributed by atoms with Crippen molar-refractivity contribution in [3.05, 3.63) is 64.8 Å². The number of benzene rings is 2. The van der Waals surface area contributed by atoms with Gasteiger partial charge in [0.05, 0.1) is 37.2 Å². The van der Waals surface area contributed by atoms with Crippen LogP contribution in [0.4, 0.5) is 0 Å². The minimum absolute atomic E-state index is 0.248. The van der Waals surface area contributed by atoms with Gasteiger partial charge in [-0.15, -0.1) is 0 Å². The fourth-order valence-electron chi connectivity index (χ4n) is 3.64. The van der Waals surface area contributed by atoms with E-state index >= 15 is 0 Å². The number of ether oxygens (including phenoxy) is 2. The highest BCUT2D eigenvalue weighted by Gasteiger charge is 2.36. The van der Waals surface area contributed by atoms with Gasteiger partial charge in [-0.25, -0.2) is 13.4 Å². The molecular weight excluding hydrogens is 438 g/mol. The van der Waals surface area contributed by atoms with Gasteiger partial charge in [-0.2, -0.15) is 9.52 Å². The third-order valence-electron chi connectivity index (χ3n) is 5.05. The summed E-state index contributed by atoms with van der Waals surface area (Å²) < 4.78 is 37.1. The van der Waals surface area contributed by atoms with Crippen molar-refractivity contribution in [3.8, 4) is 11.5 Å². The van der Waals surface area contributed by atoms with Crippen LogP contribution in [0.25, 0.3) is 10.9 Å². The van der Waals surface area contributed by atoms with Gasteiger partial charge >= 0.3 is 0 Å². The molecule has 0 saturated heterocycles. The molecule has 1 aliphatic heterocycles. The molecule has 4 rings (SSSR count). The van der Waals surface area contributed by atoms with Crippen molar-refractivity contribution in [2.45, 2.75) is 19.4 Å². The molecule has 9 heteroatoms. The Balaban J connectivity index is 1.78. The molecule has 0 bridgehead atoms. The lowest BCUT2D eigenvalue weighted by Gasteiger charge is -2.22. The summed E-state index contributed by atoms with van der Waals surface area (Å²) >= 11 is 6.51. The van der Waals surface area contributed by atoms with Crippen molar-refractivity contribution in [1.82, 2.24) is 9.40 Å². The third kappa shape index (κ3) is 4.31. The largest absolute Gasteiger partial charge is 0.497 e. The number of nitrogens with zero attached hydrogens (tertiary/aromatic N) is 3. The Kier molecular flexibility index (Phi) is 5.77. The van der Waals surface area contributed by atoms with Gasteiger partial charge in [0, 0.05) is 22.9 Å². The average Bonchev–Trinajstić information content (AvgIpc) is 3.20. The first-order chi connectivity index (χ1) is 14.8. The molecule has 0 fully saturated rings. The molecule has 0 N–H and O–H groups in total. The molecule has 31 heavy (non-hydrogen) atoms. The summed E-state index contributed by atoms with van der Waals surface area (Å²) in [5.74, 6) is 1.38. The van der Waals surface area contributed by atoms with Crippen molar-refractivity contribution >= 4 is 38.2 Å². The third-order valence-corrected chi connectivity index (χ3v) is 6.37. The van der Waals surface area contributed by atoms with Crippen LogP contribution in [0.1, 0.15) is 30.5 Å². The normalized spacial score (nSPS) is 16.5. The topological polar surface area (TPSA) is 81.1 Å². The first-order valence-electron chi connectivity index (χ1n) is 9.74. The van der Waals surface area contributed by atoms with Crippen molar-refractivity contribution < 1.29 is 17.9 Å². The Hall–Kier alpha value is -2.84. The smallest absolute Gasteiger partial charge is 0.247 e. The van der Waals surface area contributed by atoms with Gasteiger partial charge in [0.1, 0.15) is 16.7 Å². The van der Waals surface area contributed by atoms with E-state index in [-0.39, 0.29) is 5.15 Å². The second kappa shape index (κ2) is 8.36. The average molecular weight is 460 g/mol. The van der Waals surface area contributed by atoms with Crippen molar-refractivity contribution in [1.29, 1.82) is 0 Å². The van der Waals surface area contributed by atoms with Crippen LogP contribution in [0.3, 0.4) is 0 Å². The second-order valence-corrected chi connectivity index (χ2v) is 9.39. The molecule has 0 unspecified atom stereocenters. The lowest BCUT2D eigenvalue weighted by molar-refractivity contribution is 0.340. The number of sulfonamides is 1. The van der Waals surface area contributed by atoms with Gasteiger partial charge in [0.25, 0.3) is 0 Å². The molecule has 0 radical (unpaired) electrons. The number of hydrogen-bond donors (Lipinski definition) is 0. The maximum absolute atomic E-state index is 12.5. The van der Waals surface area contributed by atoms with E-state index in [1.54, 1.807) is 7.11 Å². The number of halogens is 1. The summed E-state index contributed by atoms with van der Waals surface area (Å²) in [6, 6.07) is 14.2. The molecule has 7 nitrogen and oxygen atoms in total. The molecule has 2 aromatic carbocycles. The lowest BCUT2D eigenvalue weighted by Crippen LogP contribution is -2.26. The van der Waals surface area contributed by atoms with E-state index in [1.807, 2.05) is 55.5 Å². The van der Waals surface area contributed by atoms with E-state index in [9.17, 15) is 8.42 Å². The van der Waals surface area contributed by atoms with Crippen LogP contribution in [0, 0.1) is 0 Å². The Labute approximate surface area is 186 Å². The molecule has 1 atom stereocenters. The summed E-state index contributed by atoms with van der Waals surface area (Å²) in [6.45, 7) is 2.46. The molecule has 1 aliphatic rings. The van der Waals surface area contributed by atoms with Crippen molar-refractivity contribution in [3.63, 3.8) is 0 Å². The molecule has 1 aromatic heterocycles. The molecule has 0 saturated carbocycles. The number of fused-ring (bicyclic) bond motifs is 1. The second-order valence-electron chi connectivity index (χ2n) is 7.19. The molecule has 2 heterocycles. The minimum Gasteiger partial charge on any atom is -0.497 e. The predicted octanol–water partition coefficient (Wildman–Crippen LogP) is 4.41. The molecular formula is C22H22ClN3O4S. The van der Waals surface area contributed by atoms with Gasteiger partial charge in [-0.1, -0.05) is 23.7 Å². The van der Waals surface area contributed by atoms with E-state index in [0.717, 1.165) is 21.6 Å². The first kappa shape index (κ1) is 21.4. The van der Waals surface area contributed by atoms with Crippen LogP contribution in [-0.4, -0.2) is 43.5 Å². The fourth-order valence-corrected chi connectivity index (χ4v) is 4.81. The van der Waals surface area contributed by atoms with Crippen molar-refractivity contribution in [2.24, 2.45) is 5.10 Å². The van der Waals surface area contributed by atoms with Gasteiger partial charge in [-0.3, -0.25) is 0 Å². The molecule has 3 aromatic rings. The van der Waals surface area contributed by atoms with E-state index in [2.05, 4.69) is 10.1 Å². The lowest BCUT2D eigenvalue weighted by atomic mass is 9.99. The zero-order valence-corrected chi connectivity index (χ0v) is 18.9. The van der Waals surface area contributed by atoms with E-state index in [0.29, 0.717) is 41.3 Å². The van der Waals surface area contributed by atoms with Gasteiger partial charge < -0.3 is 9.47 Å². The number of hydrazone groups is 1. The summed E-state index contributed by atoms with van der Waals surface area (Å²) in [5.41, 5.74) is 2.72. The maximum Gasteiger partial charge on any atom is 0.247 e. The quantitative estimate of drug-likeness (QED) is 0.510. The molecule has 0 spiro atoms. The van der Waals surface area contributed by atoms with Crippen LogP contribution in [0.15, 0.2) is 53.6 Å². The van der Waals surface area contributed by atoms with Crippen LogP contribution in [0.5, 0.6) is 11.5 Å². The maximum atomic E-state index is 12.5. The Morgan fingerprint density at radius 2 is 1.97 bits per heavy atom. The summed E-state index contributed by atoms with van der Waals surface area (Å²) in [5, 5.41) is 5.49. The van der Waals surface area contributed by atoms with Gasteiger partial charge in [-0.05, 0) is 43.3 Å². The van der Waals surface area contributed by atoms with Crippen molar-refractivity contribution in [2.75, 3.05) is 20.0 Å². The highest BCUT2D eigenvalue weighted by atomic mass is 35.5. The van der Waals surface area contributed by atoms with Crippen LogP contribution >= 0.6 is 11.6 Å². The Bertz CT molecular complexity index is 1280. The monoisotopic (exact) mass is 459 g/mol. The van der Waals surface area contributed by atoms with Gasteiger partial charge in [0.2, 0.25) is 10.0 Å². The summed E-state index contributed by atoms with van der Waals surface area (Å²) in [7, 11) is -2.06. The summed E-state index contributed by atoms with van der Waals surface area (Å²) in [6.07, 6.45) is 1.49. The SMILES string of the molecule is CCOc1ccc2nc(Cl)c([C@@H]3CC(c4cccc(OC)c4)=NN3S(C)(=O)=O)cc2c1. The minimum atomic E-state index is -3.64. The molecule has 0 amide bonds. The van der Waals surface area contributed by atoms with Crippen LogP contribution < -0.4 is 9.47 Å². The highest BCUT2D eigenvalue weighted by Crippen LogP contribution is 2.39. The number of hydrogen-bond acceptors (Lipinski definition) is 6. The predicted molar refractivity (Wildman–Crippen MR) is 121 cm³/mol. The number of rotatable bonds is 6. The Morgan fingerprint density at radius 1 is 1.16 bits per heavy atom. The van der Waals surface area contributed by atoms with Gasteiger partial charge in [0.15, 0.2) is 0 Å². The van der Waals surface area contributed by atoms with E-state index in [4.69, 9.17) is 21.1 Å². The Morgan fingerprint density at radius 3 is 2.68 bits per heavy atom. The van der Waals surface area contributed by atoms with E-state index < -0.39 is 16.1 Å². The first-order valence-corrected chi connectivity index (χ1v) is 12.0. The number of pyridine rings is 1. The van der Waals surface area contributed by atoms with Crippen LogP contribution in [-0.2, 0) is 10.0 Å². The molecule has 0 aliphatic carbocycles. The summed E-state index contributed by atoms with van der Waals surface area (Å²) in [4.78, 5) is 4.48. The highest BCUT2D eigenvalue weighted by molar-refractivity contribution is 7.88. The van der Waals surface area contributed by atoms with Crippen LogP contribution in [0.2, 0.25) is 5.15 Å². The van der Waals surface area contributed by atoms with E-state index in [1.165, 1.54) is 0 Å². The zero-order chi connectivity index (χ0) is 22.2. The number of methoxy groups -OCH3 is 1. The standard InChI is InChI=1S/C22H22ClN3O4S/c1-4-30-17-8-9-19-15(11-17)12-18(22(23)24-19)21-13-20(25-26(21)31(3,27)28)14-6-5-7-16(10-14)29-2/h5-12,21H,4,13H2,1-3H3/t21-/m0/s1.